The lowest BCUT2D eigenvalue weighted by molar-refractivity contribution is 0.0492. The molecule has 6 nitrogen and oxygen atoms in total. The molecule has 0 aromatic heterocycles. The lowest BCUT2D eigenvalue weighted by Gasteiger charge is -2.23. The van der Waals surface area contributed by atoms with Crippen molar-refractivity contribution in [1.29, 1.82) is 0 Å². The highest BCUT2D eigenvalue weighted by molar-refractivity contribution is 5.68. The molecule has 0 fully saturated rings. The van der Waals surface area contributed by atoms with Gasteiger partial charge < -0.3 is 25.3 Å². The van der Waals surface area contributed by atoms with Gasteiger partial charge in [0.05, 0.1) is 6.04 Å². The van der Waals surface area contributed by atoms with Crippen molar-refractivity contribution in [3.8, 4) is 0 Å². The van der Waals surface area contributed by atoms with E-state index in [1.54, 1.807) is 14.2 Å². The minimum absolute atomic E-state index is 0.101. The normalized spacial score (nSPS) is 12.8. The van der Waals surface area contributed by atoms with Gasteiger partial charge in [-0.1, -0.05) is 60.7 Å². The molecule has 6 heteroatoms. The number of alkyl carbamates (subject to hydrolysis) is 1. The molecule has 2 rings (SSSR count). The molecule has 0 unspecified atom stereocenters. The third-order valence-corrected chi connectivity index (χ3v) is 4.36. The van der Waals surface area contributed by atoms with Crippen molar-refractivity contribution in [3.63, 3.8) is 0 Å². The number of benzene rings is 2. The van der Waals surface area contributed by atoms with E-state index < -0.39 is 11.7 Å². The van der Waals surface area contributed by atoms with E-state index in [1.165, 1.54) is 5.56 Å². The van der Waals surface area contributed by atoms with Crippen molar-refractivity contribution in [2.75, 3.05) is 27.4 Å². The maximum Gasteiger partial charge on any atom is 0.408 e. The Morgan fingerprint density at radius 3 is 1.84 bits per heavy atom. The number of hydrogen-bond acceptors (Lipinski definition) is 5. The molecule has 0 saturated carbocycles. The van der Waals surface area contributed by atoms with Gasteiger partial charge in [-0.15, -0.1) is 0 Å². The second-order valence-electron chi connectivity index (χ2n) is 8.19. The average molecular weight is 431 g/mol. The van der Waals surface area contributed by atoms with Gasteiger partial charge in [0.25, 0.3) is 0 Å². The van der Waals surface area contributed by atoms with Gasteiger partial charge in [0.15, 0.2) is 0 Å². The van der Waals surface area contributed by atoms with Gasteiger partial charge in [-0.3, -0.25) is 0 Å². The largest absolute Gasteiger partial charge is 0.444 e. The summed E-state index contributed by atoms with van der Waals surface area (Å²) in [4.78, 5) is 11.8. The van der Waals surface area contributed by atoms with Crippen LogP contribution in [-0.2, 0) is 14.2 Å². The van der Waals surface area contributed by atoms with Crippen LogP contribution in [0.15, 0.2) is 60.7 Å². The van der Waals surface area contributed by atoms with E-state index in [0.717, 1.165) is 18.6 Å². The fraction of sp³-hybridized carbons (Fsp3) is 0.480. The minimum atomic E-state index is -0.493. The average Bonchev–Trinajstić information content (AvgIpc) is 2.75. The van der Waals surface area contributed by atoms with E-state index in [0.29, 0.717) is 13.0 Å². The molecule has 0 aliphatic carbocycles. The summed E-state index contributed by atoms with van der Waals surface area (Å²) in [6.07, 6.45) is 1.18. The van der Waals surface area contributed by atoms with Gasteiger partial charge >= 0.3 is 6.09 Å². The Morgan fingerprint density at radius 1 is 0.871 bits per heavy atom. The number of ether oxygens (including phenoxy) is 3. The third-order valence-electron chi connectivity index (χ3n) is 4.36. The number of nitrogens with two attached hydrogens (primary N) is 1. The standard InChI is InChI=1S/C15H23NO3.C10H15NO/c1-15(2,3)19-14(17)16-13(10-11-18-4)12-8-6-5-7-9-12;1-12-8-7-10(11)9-5-3-2-4-6-9/h5-9,13H,10-11H2,1-4H3,(H,16,17);2-6,10H,7-8,11H2,1H3/t13-;10-/m11/s1. The first-order chi connectivity index (χ1) is 14.8. The molecule has 3 N–H and O–H groups in total. The highest BCUT2D eigenvalue weighted by atomic mass is 16.6. The number of rotatable bonds is 9. The van der Waals surface area contributed by atoms with Crippen LogP contribution in [0.3, 0.4) is 0 Å². The lowest BCUT2D eigenvalue weighted by Crippen LogP contribution is -2.35. The van der Waals surface area contributed by atoms with Crippen LogP contribution in [0.5, 0.6) is 0 Å². The zero-order chi connectivity index (χ0) is 23.1. The lowest BCUT2D eigenvalue weighted by atomic mass is 10.0. The van der Waals surface area contributed by atoms with Crippen LogP contribution in [0.4, 0.5) is 4.79 Å². The SMILES string of the molecule is COCC[C@@H](N)c1ccccc1.COCC[C@@H](NC(=O)OC(C)(C)C)c1ccccc1. The molecule has 0 spiro atoms. The molecule has 2 aromatic rings. The summed E-state index contributed by atoms with van der Waals surface area (Å²) in [5.41, 5.74) is 7.63. The highest BCUT2D eigenvalue weighted by Gasteiger charge is 2.20. The van der Waals surface area contributed by atoms with Gasteiger partial charge in [0, 0.05) is 33.5 Å². The smallest absolute Gasteiger partial charge is 0.408 e. The zero-order valence-corrected chi connectivity index (χ0v) is 19.5. The maximum atomic E-state index is 11.8. The van der Waals surface area contributed by atoms with E-state index in [4.69, 9.17) is 19.9 Å². The first-order valence-corrected chi connectivity index (χ1v) is 10.6. The molecule has 0 bridgehead atoms. The van der Waals surface area contributed by atoms with Crippen LogP contribution >= 0.6 is 0 Å². The monoisotopic (exact) mass is 430 g/mol. The minimum Gasteiger partial charge on any atom is -0.444 e. The molecule has 2 atom stereocenters. The Balaban J connectivity index is 0.000000343. The Morgan fingerprint density at radius 2 is 1.35 bits per heavy atom. The number of carbonyl (C=O) groups excluding carboxylic acids is 1. The van der Waals surface area contributed by atoms with Crippen molar-refractivity contribution in [1.82, 2.24) is 5.32 Å². The molecule has 172 valence electrons. The molecule has 0 radical (unpaired) electrons. The summed E-state index contributed by atoms with van der Waals surface area (Å²) in [7, 11) is 3.34. The number of nitrogens with one attached hydrogen (secondary N) is 1. The molecule has 31 heavy (non-hydrogen) atoms. The van der Waals surface area contributed by atoms with Crippen LogP contribution in [-0.4, -0.2) is 39.1 Å². The first kappa shape index (κ1) is 26.6. The van der Waals surface area contributed by atoms with Crippen LogP contribution in [0.1, 0.15) is 56.8 Å². The highest BCUT2D eigenvalue weighted by Crippen LogP contribution is 2.18. The summed E-state index contributed by atoms with van der Waals surface area (Å²) < 4.78 is 15.3. The summed E-state index contributed by atoms with van der Waals surface area (Å²) in [5.74, 6) is 0. The van der Waals surface area contributed by atoms with E-state index in [-0.39, 0.29) is 12.1 Å². The molecule has 0 heterocycles. The molecular weight excluding hydrogens is 392 g/mol. The maximum absolute atomic E-state index is 11.8. The first-order valence-electron chi connectivity index (χ1n) is 10.6. The third kappa shape index (κ3) is 12.1. The summed E-state index contributed by atoms with van der Waals surface area (Å²) in [6.45, 7) is 6.84. The predicted octanol–water partition coefficient (Wildman–Crippen LogP) is 5.01. The van der Waals surface area contributed by atoms with Crippen LogP contribution < -0.4 is 11.1 Å². The predicted molar refractivity (Wildman–Crippen MR) is 125 cm³/mol. The number of hydrogen-bond donors (Lipinski definition) is 2. The van der Waals surface area contributed by atoms with Gasteiger partial charge in [0.1, 0.15) is 5.60 Å². The van der Waals surface area contributed by atoms with Crippen molar-refractivity contribution < 1.29 is 19.0 Å². The Kier molecular flexibility index (Phi) is 12.5. The van der Waals surface area contributed by atoms with Crippen molar-refractivity contribution in [2.24, 2.45) is 5.73 Å². The molecule has 0 aliphatic heterocycles. The fourth-order valence-corrected chi connectivity index (χ4v) is 2.80. The molecule has 0 saturated heterocycles. The molecule has 2 aromatic carbocycles. The van der Waals surface area contributed by atoms with Gasteiger partial charge in [-0.2, -0.15) is 0 Å². The zero-order valence-electron chi connectivity index (χ0n) is 19.5. The summed E-state index contributed by atoms with van der Waals surface area (Å²) >= 11 is 0. The van der Waals surface area contributed by atoms with Crippen molar-refractivity contribution in [2.45, 2.75) is 51.3 Å². The Hall–Kier alpha value is -2.41. The topological polar surface area (TPSA) is 82.8 Å². The fourth-order valence-electron chi connectivity index (χ4n) is 2.80. The Labute approximate surface area is 187 Å². The number of carbonyl (C=O) groups is 1. The van der Waals surface area contributed by atoms with Crippen molar-refractivity contribution >= 4 is 6.09 Å². The summed E-state index contributed by atoms with van der Waals surface area (Å²) in [5, 5.41) is 2.88. The van der Waals surface area contributed by atoms with E-state index >= 15 is 0 Å². The van der Waals surface area contributed by atoms with Crippen molar-refractivity contribution in [3.05, 3.63) is 71.8 Å². The molecule has 0 aliphatic rings. The molecule has 1 amide bonds. The summed E-state index contributed by atoms with van der Waals surface area (Å²) in [6, 6.07) is 19.9. The quantitative estimate of drug-likeness (QED) is 0.584. The van der Waals surface area contributed by atoms with Crippen LogP contribution in [0.2, 0.25) is 0 Å². The van der Waals surface area contributed by atoms with E-state index in [1.807, 2.05) is 81.4 Å². The van der Waals surface area contributed by atoms with E-state index in [2.05, 4.69) is 5.32 Å². The molecular formula is C25H38N2O4. The number of methoxy groups -OCH3 is 2. The van der Waals surface area contributed by atoms with E-state index in [9.17, 15) is 4.79 Å². The number of amides is 1. The van der Waals surface area contributed by atoms with Crippen LogP contribution in [0, 0.1) is 0 Å². The van der Waals surface area contributed by atoms with Gasteiger partial charge in [-0.05, 0) is 44.7 Å². The van der Waals surface area contributed by atoms with Gasteiger partial charge in [0.2, 0.25) is 0 Å². The second-order valence-corrected chi connectivity index (χ2v) is 8.19. The Bertz CT molecular complexity index is 717. The van der Waals surface area contributed by atoms with Gasteiger partial charge in [-0.25, -0.2) is 4.79 Å². The second kappa shape index (κ2) is 14.6. The van der Waals surface area contributed by atoms with Crippen LogP contribution in [0.25, 0.3) is 0 Å².